The highest BCUT2D eigenvalue weighted by atomic mass is 16.5. The molecule has 0 unspecified atom stereocenters. The number of rotatable bonds is 7. The molecule has 126 valence electrons. The molecule has 0 bridgehead atoms. The molecule has 0 aliphatic heterocycles. The number of nitrogens with one attached hydrogen (secondary N) is 1. The zero-order valence-electron chi connectivity index (χ0n) is 13.6. The quantitative estimate of drug-likeness (QED) is 0.599. The highest BCUT2D eigenvalue weighted by Gasteiger charge is 2.10. The third-order valence-corrected chi connectivity index (χ3v) is 3.24. The van der Waals surface area contributed by atoms with E-state index < -0.39 is 5.97 Å². The molecule has 0 heterocycles. The second kappa shape index (κ2) is 7.87. The van der Waals surface area contributed by atoms with Gasteiger partial charge in [-0.1, -0.05) is 6.07 Å². The third kappa shape index (κ3) is 3.95. The summed E-state index contributed by atoms with van der Waals surface area (Å²) in [5.74, 6) is 0.669. The molecule has 0 aliphatic rings. The lowest BCUT2D eigenvalue weighted by atomic mass is 10.2. The van der Waals surface area contributed by atoms with Crippen LogP contribution in [0.4, 0.5) is 5.69 Å². The molecule has 24 heavy (non-hydrogen) atoms. The molecule has 7 heteroatoms. The number of aromatic carboxylic acids is 1. The summed E-state index contributed by atoms with van der Waals surface area (Å²) in [5, 5.41) is 13.1. The topological polar surface area (TPSA) is 89.4 Å². The summed E-state index contributed by atoms with van der Waals surface area (Å²) < 4.78 is 15.8. The third-order valence-electron chi connectivity index (χ3n) is 3.24. The first-order chi connectivity index (χ1) is 11.6. The highest BCUT2D eigenvalue weighted by Crippen LogP contribution is 2.33. The van der Waals surface area contributed by atoms with E-state index in [4.69, 9.17) is 19.3 Å². The van der Waals surface area contributed by atoms with Crippen molar-refractivity contribution in [3.8, 4) is 17.2 Å². The van der Waals surface area contributed by atoms with E-state index in [2.05, 4.69) is 10.5 Å². The molecule has 2 rings (SSSR count). The summed E-state index contributed by atoms with van der Waals surface area (Å²) in [7, 11) is 4.63. The van der Waals surface area contributed by atoms with Crippen LogP contribution in [0.15, 0.2) is 41.5 Å². The number of hydrogen-bond donors (Lipinski definition) is 2. The average molecular weight is 330 g/mol. The molecule has 0 aromatic heterocycles. The summed E-state index contributed by atoms with van der Waals surface area (Å²) in [5.41, 5.74) is 4.20. The Hall–Kier alpha value is -3.22. The Balaban J connectivity index is 2.22. The van der Waals surface area contributed by atoms with Gasteiger partial charge in [0.1, 0.15) is 5.75 Å². The first-order valence-electron chi connectivity index (χ1n) is 7.01. The predicted molar refractivity (Wildman–Crippen MR) is 90.7 cm³/mol. The van der Waals surface area contributed by atoms with E-state index in [9.17, 15) is 4.79 Å². The van der Waals surface area contributed by atoms with Crippen molar-refractivity contribution in [3.63, 3.8) is 0 Å². The van der Waals surface area contributed by atoms with Crippen LogP contribution in [0.3, 0.4) is 0 Å². The number of ether oxygens (including phenoxy) is 3. The summed E-state index contributed by atoms with van der Waals surface area (Å²) >= 11 is 0. The largest absolute Gasteiger partial charge is 0.496 e. The predicted octanol–water partition coefficient (Wildman–Crippen LogP) is 2.86. The number of carbonyl (C=O) groups is 1. The normalized spacial score (nSPS) is 10.5. The monoisotopic (exact) mass is 330 g/mol. The number of methoxy groups -OCH3 is 3. The van der Waals surface area contributed by atoms with E-state index in [1.807, 2.05) is 0 Å². The fraction of sp³-hybridized carbons (Fsp3) is 0.176. The van der Waals surface area contributed by atoms with Gasteiger partial charge in [-0.25, -0.2) is 4.79 Å². The van der Waals surface area contributed by atoms with Crippen molar-refractivity contribution < 1.29 is 24.1 Å². The van der Waals surface area contributed by atoms with Gasteiger partial charge >= 0.3 is 5.97 Å². The van der Waals surface area contributed by atoms with Crippen LogP contribution in [0.5, 0.6) is 17.2 Å². The van der Waals surface area contributed by atoms with Crippen LogP contribution in [0.2, 0.25) is 0 Å². The van der Waals surface area contributed by atoms with Gasteiger partial charge in [0.2, 0.25) is 0 Å². The smallest absolute Gasteiger partial charge is 0.335 e. The van der Waals surface area contributed by atoms with Crippen molar-refractivity contribution in [2.24, 2.45) is 5.10 Å². The zero-order valence-corrected chi connectivity index (χ0v) is 13.6. The van der Waals surface area contributed by atoms with Crippen molar-refractivity contribution in [3.05, 3.63) is 47.5 Å². The molecule has 0 saturated carbocycles. The van der Waals surface area contributed by atoms with Gasteiger partial charge in [-0.05, 0) is 24.3 Å². The summed E-state index contributed by atoms with van der Waals surface area (Å²) in [6, 6.07) is 9.79. The van der Waals surface area contributed by atoms with Crippen LogP contribution in [0, 0.1) is 0 Å². The minimum Gasteiger partial charge on any atom is -0.496 e. The average Bonchev–Trinajstić information content (AvgIpc) is 2.61. The summed E-state index contributed by atoms with van der Waals surface area (Å²) in [6.45, 7) is 0. The minimum absolute atomic E-state index is 0.180. The van der Waals surface area contributed by atoms with Crippen molar-refractivity contribution in [2.45, 2.75) is 0 Å². The van der Waals surface area contributed by atoms with Crippen LogP contribution in [-0.2, 0) is 0 Å². The van der Waals surface area contributed by atoms with Gasteiger partial charge in [0, 0.05) is 11.6 Å². The van der Waals surface area contributed by atoms with Crippen molar-refractivity contribution in [2.75, 3.05) is 26.8 Å². The Morgan fingerprint density at radius 1 is 1.04 bits per heavy atom. The standard InChI is InChI=1S/C17H18N2O5/c1-22-14-9-16(24-3)15(23-2)8-12(14)10-18-19-13-6-4-5-11(7-13)17(20)21/h4-10,19H,1-3H3,(H,20,21)/b18-10+. The highest BCUT2D eigenvalue weighted by molar-refractivity contribution is 5.89. The van der Waals surface area contributed by atoms with E-state index in [0.717, 1.165) is 0 Å². The molecule has 0 aliphatic carbocycles. The van der Waals surface area contributed by atoms with Crippen molar-refractivity contribution >= 4 is 17.9 Å². The lowest BCUT2D eigenvalue weighted by Crippen LogP contribution is -1.99. The first-order valence-corrected chi connectivity index (χ1v) is 7.01. The maximum absolute atomic E-state index is 11.0. The first kappa shape index (κ1) is 17.1. The SMILES string of the molecule is COc1cc(OC)c(OC)cc1/C=N/Nc1cccc(C(=O)O)c1. The Morgan fingerprint density at radius 3 is 2.33 bits per heavy atom. The van der Waals surface area contributed by atoms with E-state index in [0.29, 0.717) is 28.5 Å². The molecule has 0 atom stereocenters. The van der Waals surface area contributed by atoms with Crippen molar-refractivity contribution in [1.29, 1.82) is 0 Å². The number of hydrogen-bond acceptors (Lipinski definition) is 6. The molecule has 0 amide bonds. The molecule has 0 saturated heterocycles. The lowest BCUT2D eigenvalue weighted by Gasteiger charge is -2.11. The maximum atomic E-state index is 11.0. The molecule has 2 N–H and O–H groups in total. The van der Waals surface area contributed by atoms with Gasteiger partial charge < -0.3 is 19.3 Å². The number of benzene rings is 2. The number of carboxylic acids is 1. The second-order valence-electron chi connectivity index (χ2n) is 4.71. The summed E-state index contributed by atoms with van der Waals surface area (Å²) in [6.07, 6.45) is 1.55. The Morgan fingerprint density at radius 2 is 1.71 bits per heavy atom. The fourth-order valence-electron chi connectivity index (χ4n) is 2.05. The van der Waals surface area contributed by atoms with Gasteiger partial charge in [-0.15, -0.1) is 0 Å². The van der Waals surface area contributed by atoms with Crippen LogP contribution in [-0.4, -0.2) is 38.6 Å². The van der Waals surface area contributed by atoms with Crippen LogP contribution >= 0.6 is 0 Å². The maximum Gasteiger partial charge on any atom is 0.335 e. The van der Waals surface area contributed by atoms with Crippen LogP contribution in [0.25, 0.3) is 0 Å². The number of nitrogens with zero attached hydrogens (tertiary/aromatic N) is 1. The van der Waals surface area contributed by atoms with Crippen LogP contribution in [0.1, 0.15) is 15.9 Å². The van der Waals surface area contributed by atoms with Gasteiger partial charge in [0.15, 0.2) is 11.5 Å². The molecule has 7 nitrogen and oxygen atoms in total. The second-order valence-corrected chi connectivity index (χ2v) is 4.71. The Labute approximate surface area is 139 Å². The molecular formula is C17H18N2O5. The van der Waals surface area contributed by atoms with Crippen LogP contribution < -0.4 is 19.6 Å². The number of carboxylic acid groups (broad SMARTS) is 1. The number of hydrazone groups is 1. The molecule has 2 aromatic rings. The molecule has 0 fully saturated rings. The Kier molecular flexibility index (Phi) is 5.62. The summed E-state index contributed by atoms with van der Waals surface area (Å²) in [4.78, 5) is 11.0. The van der Waals surface area contributed by atoms with Gasteiger partial charge in [0.05, 0.1) is 38.8 Å². The van der Waals surface area contributed by atoms with E-state index >= 15 is 0 Å². The van der Waals surface area contributed by atoms with Crippen molar-refractivity contribution in [1.82, 2.24) is 0 Å². The molecule has 0 spiro atoms. The van der Waals surface area contributed by atoms with Gasteiger partial charge in [0.25, 0.3) is 0 Å². The fourth-order valence-corrected chi connectivity index (χ4v) is 2.05. The van der Waals surface area contributed by atoms with E-state index in [-0.39, 0.29) is 5.56 Å². The lowest BCUT2D eigenvalue weighted by molar-refractivity contribution is 0.0697. The molecule has 0 radical (unpaired) electrons. The van der Waals surface area contributed by atoms with E-state index in [1.165, 1.54) is 12.1 Å². The number of anilines is 1. The molecule has 2 aromatic carbocycles. The van der Waals surface area contributed by atoms with Gasteiger partial charge in [-0.2, -0.15) is 5.10 Å². The minimum atomic E-state index is -0.996. The zero-order chi connectivity index (χ0) is 17.5. The molecular weight excluding hydrogens is 312 g/mol. The Bertz CT molecular complexity index is 759. The van der Waals surface area contributed by atoms with E-state index in [1.54, 1.807) is 51.8 Å². The van der Waals surface area contributed by atoms with Gasteiger partial charge in [-0.3, -0.25) is 5.43 Å².